The Bertz CT molecular complexity index is 907. The van der Waals surface area contributed by atoms with Crippen LogP contribution in [0.3, 0.4) is 0 Å². The van der Waals surface area contributed by atoms with Gasteiger partial charge < -0.3 is 5.32 Å². The molecule has 0 aliphatic heterocycles. The van der Waals surface area contributed by atoms with E-state index in [1.165, 1.54) is 11.3 Å². The molecule has 1 N–H and O–H groups in total. The first-order valence-electron chi connectivity index (χ1n) is 9.56. The van der Waals surface area contributed by atoms with Crippen LogP contribution in [0.25, 0.3) is 11.3 Å². The van der Waals surface area contributed by atoms with Gasteiger partial charge in [0, 0.05) is 16.5 Å². The second-order valence-electron chi connectivity index (χ2n) is 6.67. The predicted molar refractivity (Wildman–Crippen MR) is 113 cm³/mol. The molecule has 0 spiro atoms. The second-order valence-corrected chi connectivity index (χ2v) is 7.61. The lowest BCUT2D eigenvalue weighted by atomic mass is 10.0. The minimum absolute atomic E-state index is 0.00620. The number of hydrogen-bond donors (Lipinski definition) is 1. The number of Topliss-reactive ketones (excluding diaryl/α,β-unsaturated/α-hetero) is 1. The number of thiazole rings is 1. The molecule has 0 radical (unpaired) electrons. The van der Waals surface area contributed by atoms with Crippen LogP contribution in [-0.2, 0) is 11.2 Å². The third-order valence-corrected chi connectivity index (χ3v) is 5.37. The molecule has 1 heterocycles. The van der Waals surface area contributed by atoms with Gasteiger partial charge in [0.1, 0.15) is 5.01 Å². The van der Waals surface area contributed by atoms with Crippen molar-refractivity contribution in [3.63, 3.8) is 0 Å². The van der Waals surface area contributed by atoms with E-state index in [1.54, 1.807) is 12.1 Å². The predicted octanol–water partition coefficient (Wildman–Crippen LogP) is 4.91. The second kappa shape index (κ2) is 9.95. The molecule has 0 aliphatic carbocycles. The summed E-state index contributed by atoms with van der Waals surface area (Å²) < 4.78 is 0. The minimum atomic E-state index is -0.489. The molecule has 3 rings (SSSR count). The lowest BCUT2D eigenvalue weighted by molar-refractivity contribution is -0.120. The van der Waals surface area contributed by atoms with E-state index in [2.05, 4.69) is 17.2 Å². The summed E-state index contributed by atoms with van der Waals surface area (Å²) in [5.74, 6) is -0.203. The Labute approximate surface area is 169 Å². The SMILES string of the molecule is CCCC[C@H](NC(=O)c1ccccc1)C(=O)Cc1nc(-c2ccccc2)cs1. The molecule has 0 saturated heterocycles. The molecule has 2 aromatic carbocycles. The zero-order valence-corrected chi connectivity index (χ0v) is 16.7. The van der Waals surface area contributed by atoms with Crippen molar-refractivity contribution in [1.29, 1.82) is 0 Å². The Hall–Kier alpha value is -2.79. The van der Waals surface area contributed by atoms with E-state index < -0.39 is 6.04 Å². The topological polar surface area (TPSA) is 59.1 Å². The molecule has 0 aliphatic rings. The first-order chi connectivity index (χ1) is 13.7. The van der Waals surface area contributed by atoms with Gasteiger partial charge >= 0.3 is 0 Å². The fraction of sp³-hybridized carbons (Fsp3) is 0.261. The van der Waals surface area contributed by atoms with Crippen LogP contribution in [0, 0.1) is 0 Å². The lowest BCUT2D eigenvalue weighted by Crippen LogP contribution is -2.41. The van der Waals surface area contributed by atoms with E-state index in [1.807, 2.05) is 53.9 Å². The molecule has 3 aromatic rings. The van der Waals surface area contributed by atoms with Gasteiger partial charge in [0.15, 0.2) is 5.78 Å². The normalized spacial score (nSPS) is 11.8. The highest BCUT2D eigenvalue weighted by molar-refractivity contribution is 7.10. The Morgan fingerprint density at radius 1 is 1.04 bits per heavy atom. The maximum absolute atomic E-state index is 12.9. The zero-order valence-electron chi connectivity index (χ0n) is 15.9. The minimum Gasteiger partial charge on any atom is -0.342 e. The van der Waals surface area contributed by atoms with Gasteiger partial charge in [-0.25, -0.2) is 4.98 Å². The lowest BCUT2D eigenvalue weighted by Gasteiger charge is -2.17. The average molecular weight is 393 g/mol. The number of ketones is 1. The van der Waals surface area contributed by atoms with Crippen LogP contribution in [0.2, 0.25) is 0 Å². The van der Waals surface area contributed by atoms with Crippen molar-refractivity contribution in [2.24, 2.45) is 0 Å². The molecule has 144 valence electrons. The van der Waals surface area contributed by atoms with Crippen molar-refractivity contribution in [2.45, 2.75) is 38.6 Å². The van der Waals surface area contributed by atoms with Crippen molar-refractivity contribution >= 4 is 23.0 Å². The van der Waals surface area contributed by atoms with E-state index >= 15 is 0 Å². The summed E-state index contributed by atoms with van der Waals surface area (Å²) >= 11 is 1.48. The van der Waals surface area contributed by atoms with Crippen LogP contribution in [-0.4, -0.2) is 22.7 Å². The largest absolute Gasteiger partial charge is 0.342 e. The molecule has 5 heteroatoms. The zero-order chi connectivity index (χ0) is 19.8. The molecule has 4 nitrogen and oxygen atoms in total. The quantitative estimate of drug-likeness (QED) is 0.563. The first kappa shape index (κ1) is 20.0. The Kier molecular flexibility index (Phi) is 7.09. The number of carbonyl (C=O) groups excluding carboxylic acids is 2. The number of aromatic nitrogens is 1. The van der Waals surface area contributed by atoms with Crippen LogP contribution in [0.4, 0.5) is 0 Å². The molecule has 28 heavy (non-hydrogen) atoms. The summed E-state index contributed by atoms with van der Waals surface area (Å²) in [6.07, 6.45) is 2.74. The number of nitrogens with zero attached hydrogens (tertiary/aromatic N) is 1. The maximum Gasteiger partial charge on any atom is 0.251 e. The summed E-state index contributed by atoms with van der Waals surface area (Å²) in [6.45, 7) is 2.08. The smallest absolute Gasteiger partial charge is 0.251 e. The van der Waals surface area contributed by atoms with Gasteiger partial charge in [0.05, 0.1) is 18.2 Å². The van der Waals surface area contributed by atoms with Gasteiger partial charge in [-0.05, 0) is 18.6 Å². The molecule has 0 fully saturated rings. The Morgan fingerprint density at radius 3 is 2.39 bits per heavy atom. The molecule has 1 aromatic heterocycles. The standard InChI is InChI=1S/C23H24N2O2S/c1-2-3-14-19(25-23(27)18-12-8-5-9-13-18)21(26)15-22-24-20(16-28-22)17-10-6-4-7-11-17/h4-13,16,19H,2-3,14-15H2,1H3,(H,25,27)/t19-/m0/s1. The molecule has 0 saturated carbocycles. The van der Waals surface area contributed by atoms with Gasteiger partial charge in [-0.3, -0.25) is 9.59 Å². The van der Waals surface area contributed by atoms with Crippen molar-refractivity contribution in [3.8, 4) is 11.3 Å². The molecular weight excluding hydrogens is 368 g/mol. The third kappa shape index (κ3) is 5.36. The first-order valence-corrected chi connectivity index (χ1v) is 10.4. The van der Waals surface area contributed by atoms with Crippen molar-refractivity contribution in [3.05, 3.63) is 76.6 Å². The van der Waals surface area contributed by atoms with Gasteiger partial charge in [0.25, 0.3) is 5.91 Å². The molecule has 0 unspecified atom stereocenters. The van der Waals surface area contributed by atoms with Gasteiger partial charge in [-0.2, -0.15) is 0 Å². The van der Waals surface area contributed by atoms with Crippen LogP contribution >= 0.6 is 11.3 Å². The number of rotatable bonds is 9. The van der Waals surface area contributed by atoms with Gasteiger partial charge in [0.2, 0.25) is 0 Å². The monoisotopic (exact) mass is 392 g/mol. The number of carbonyl (C=O) groups is 2. The van der Waals surface area contributed by atoms with Crippen LogP contribution in [0.15, 0.2) is 66.0 Å². The fourth-order valence-corrected chi connectivity index (χ4v) is 3.77. The number of amides is 1. The molecular formula is C23H24N2O2S. The van der Waals surface area contributed by atoms with Crippen molar-refractivity contribution in [2.75, 3.05) is 0 Å². The highest BCUT2D eigenvalue weighted by Gasteiger charge is 2.22. The summed E-state index contributed by atoms with van der Waals surface area (Å²) in [6, 6.07) is 18.4. The van der Waals surface area contributed by atoms with E-state index in [9.17, 15) is 9.59 Å². The van der Waals surface area contributed by atoms with E-state index in [4.69, 9.17) is 0 Å². The summed E-state index contributed by atoms with van der Waals surface area (Å²) in [5, 5.41) is 5.67. The van der Waals surface area contributed by atoms with Crippen molar-refractivity contribution < 1.29 is 9.59 Å². The van der Waals surface area contributed by atoms with Crippen LogP contribution in [0.1, 0.15) is 41.6 Å². The van der Waals surface area contributed by atoms with Gasteiger partial charge in [-0.15, -0.1) is 11.3 Å². The Morgan fingerprint density at radius 2 is 1.71 bits per heavy atom. The van der Waals surface area contributed by atoms with E-state index in [0.717, 1.165) is 29.1 Å². The van der Waals surface area contributed by atoms with Gasteiger partial charge in [-0.1, -0.05) is 68.3 Å². The van der Waals surface area contributed by atoms with Crippen LogP contribution in [0.5, 0.6) is 0 Å². The van der Waals surface area contributed by atoms with Crippen molar-refractivity contribution in [1.82, 2.24) is 10.3 Å². The summed E-state index contributed by atoms with van der Waals surface area (Å²) in [4.78, 5) is 30.0. The van der Waals surface area contributed by atoms with Crippen LogP contribution < -0.4 is 5.32 Å². The fourth-order valence-electron chi connectivity index (χ4n) is 2.96. The van der Waals surface area contributed by atoms with E-state index in [0.29, 0.717) is 12.0 Å². The molecule has 0 bridgehead atoms. The average Bonchev–Trinajstić information content (AvgIpc) is 3.20. The number of nitrogens with one attached hydrogen (secondary N) is 1. The Balaban J connectivity index is 1.68. The third-order valence-electron chi connectivity index (χ3n) is 4.52. The molecule has 1 atom stereocenters. The summed E-state index contributed by atoms with van der Waals surface area (Å²) in [5.41, 5.74) is 2.49. The summed E-state index contributed by atoms with van der Waals surface area (Å²) in [7, 11) is 0. The number of unbranched alkanes of at least 4 members (excludes halogenated alkanes) is 1. The maximum atomic E-state index is 12.9. The number of benzene rings is 2. The number of hydrogen-bond acceptors (Lipinski definition) is 4. The highest BCUT2D eigenvalue weighted by Crippen LogP contribution is 2.22. The van der Waals surface area contributed by atoms with E-state index in [-0.39, 0.29) is 18.1 Å². The highest BCUT2D eigenvalue weighted by atomic mass is 32.1. The molecule has 1 amide bonds.